The number of carbonyl (C=O) groups is 3. The first-order valence-electron chi connectivity index (χ1n) is 7.33. The number of hydrogen-bond donors (Lipinski definition) is 1. The van der Waals surface area contributed by atoms with Gasteiger partial charge in [-0.3, -0.25) is 9.59 Å². The van der Waals surface area contributed by atoms with E-state index >= 15 is 0 Å². The van der Waals surface area contributed by atoms with E-state index in [1.165, 1.54) is 0 Å². The summed E-state index contributed by atoms with van der Waals surface area (Å²) in [4.78, 5) is 36.0. The Morgan fingerprint density at radius 2 is 1.79 bits per heavy atom. The molecule has 0 heterocycles. The zero-order valence-electron chi connectivity index (χ0n) is 13.0. The van der Waals surface area contributed by atoms with Crippen molar-refractivity contribution in [2.24, 2.45) is 0 Å². The molecule has 5 nitrogen and oxygen atoms in total. The first-order valence-corrected chi connectivity index (χ1v) is 7.87. The first-order chi connectivity index (χ1) is 11.6. The van der Waals surface area contributed by atoms with Crippen LogP contribution >= 0.6 is 11.6 Å². The minimum atomic E-state index is -1.00. The molecule has 0 saturated heterocycles. The fraction of sp³-hybridized carbons (Fsp3) is 0.167. The number of carbonyl (C=O) groups excluding carboxylic acids is 3. The maximum Gasteiger partial charge on any atom is 0.397 e. The lowest BCUT2D eigenvalue weighted by Crippen LogP contribution is -2.26. The molecule has 0 aromatic heterocycles. The van der Waals surface area contributed by atoms with E-state index in [4.69, 9.17) is 11.6 Å². The molecular formula is C18H16ClNO4. The number of rotatable bonds is 5. The third-order valence-corrected chi connectivity index (χ3v) is 3.54. The van der Waals surface area contributed by atoms with E-state index < -0.39 is 11.9 Å². The van der Waals surface area contributed by atoms with E-state index in [1.807, 2.05) is 0 Å². The summed E-state index contributed by atoms with van der Waals surface area (Å²) >= 11 is 5.83. The van der Waals surface area contributed by atoms with Crippen LogP contribution in [0.2, 0.25) is 0 Å². The number of ether oxygens (including phenoxy) is 1. The molecule has 0 aliphatic rings. The monoisotopic (exact) mass is 345 g/mol. The van der Waals surface area contributed by atoms with E-state index in [0.717, 1.165) is 5.56 Å². The number of benzene rings is 2. The molecule has 0 saturated carbocycles. The van der Waals surface area contributed by atoms with Crippen molar-refractivity contribution >= 4 is 34.9 Å². The van der Waals surface area contributed by atoms with Crippen molar-refractivity contribution in [3.8, 4) is 0 Å². The number of anilines is 1. The Bertz CT molecular complexity index is 759. The molecule has 0 atom stereocenters. The van der Waals surface area contributed by atoms with Crippen LogP contribution in [0.3, 0.4) is 0 Å². The van der Waals surface area contributed by atoms with Gasteiger partial charge in [0.25, 0.3) is 0 Å². The van der Waals surface area contributed by atoms with Crippen LogP contribution in [0.5, 0.6) is 0 Å². The van der Waals surface area contributed by atoms with Gasteiger partial charge in [0.1, 0.15) is 0 Å². The second-order valence-electron chi connectivity index (χ2n) is 4.88. The van der Waals surface area contributed by atoms with E-state index in [2.05, 4.69) is 10.1 Å². The highest BCUT2D eigenvalue weighted by Crippen LogP contribution is 2.22. The summed E-state index contributed by atoms with van der Waals surface area (Å²) in [5.41, 5.74) is 1.69. The second-order valence-corrected chi connectivity index (χ2v) is 5.15. The Morgan fingerprint density at radius 1 is 1.08 bits per heavy atom. The Morgan fingerprint density at radius 3 is 2.42 bits per heavy atom. The number of nitrogens with one attached hydrogen (secondary N) is 1. The van der Waals surface area contributed by atoms with Crippen LogP contribution in [0.15, 0.2) is 48.5 Å². The first kappa shape index (κ1) is 17.7. The van der Waals surface area contributed by atoms with Gasteiger partial charge in [-0.1, -0.05) is 36.4 Å². The van der Waals surface area contributed by atoms with Crippen molar-refractivity contribution in [2.75, 3.05) is 11.9 Å². The van der Waals surface area contributed by atoms with Gasteiger partial charge in [0, 0.05) is 17.0 Å². The van der Waals surface area contributed by atoms with Crippen LogP contribution in [0, 0.1) is 0 Å². The van der Waals surface area contributed by atoms with Gasteiger partial charge in [0.05, 0.1) is 12.3 Å². The summed E-state index contributed by atoms with van der Waals surface area (Å²) in [6, 6.07) is 13.5. The summed E-state index contributed by atoms with van der Waals surface area (Å²) in [5, 5.41) is 2.42. The average Bonchev–Trinajstić information content (AvgIpc) is 2.62. The number of amides is 1. The van der Waals surface area contributed by atoms with E-state index in [1.54, 1.807) is 55.5 Å². The molecule has 0 aliphatic heterocycles. The van der Waals surface area contributed by atoms with Crippen molar-refractivity contribution in [1.82, 2.24) is 0 Å². The van der Waals surface area contributed by atoms with Gasteiger partial charge in [-0.2, -0.15) is 0 Å². The lowest BCUT2D eigenvalue weighted by Gasteiger charge is -2.11. The molecule has 0 spiro atoms. The lowest BCUT2D eigenvalue weighted by molar-refractivity contribution is -0.152. The maximum absolute atomic E-state index is 12.7. The lowest BCUT2D eigenvalue weighted by atomic mass is 9.99. The predicted molar refractivity (Wildman–Crippen MR) is 91.1 cm³/mol. The molecule has 0 fully saturated rings. The molecule has 0 unspecified atom stereocenters. The molecule has 0 radical (unpaired) electrons. The highest BCUT2D eigenvalue weighted by atomic mass is 35.5. The van der Waals surface area contributed by atoms with Gasteiger partial charge in [0.15, 0.2) is 5.78 Å². The van der Waals surface area contributed by atoms with E-state index in [9.17, 15) is 14.4 Å². The molecule has 24 heavy (non-hydrogen) atoms. The molecule has 1 N–H and O–H groups in total. The van der Waals surface area contributed by atoms with Crippen LogP contribution in [-0.4, -0.2) is 24.3 Å². The molecule has 6 heteroatoms. The molecule has 0 aliphatic carbocycles. The fourth-order valence-electron chi connectivity index (χ4n) is 2.09. The summed E-state index contributed by atoms with van der Waals surface area (Å²) in [5.74, 6) is -1.99. The van der Waals surface area contributed by atoms with Crippen LogP contribution in [0.4, 0.5) is 5.69 Å². The average molecular weight is 346 g/mol. The largest absolute Gasteiger partial charge is 0.459 e. The summed E-state index contributed by atoms with van der Waals surface area (Å²) in [6.45, 7) is 1.69. The molecule has 2 aromatic carbocycles. The fourth-order valence-corrected chi connectivity index (χ4v) is 2.25. The molecule has 1 amide bonds. The van der Waals surface area contributed by atoms with Crippen LogP contribution in [0.25, 0.3) is 0 Å². The number of hydrogen-bond acceptors (Lipinski definition) is 4. The number of ketones is 1. The number of esters is 1. The maximum atomic E-state index is 12.7. The van der Waals surface area contributed by atoms with Gasteiger partial charge >= 0.3 is 11.9 Å². The van der Waals surface area contributed by atoms with Gasteiger partial charge < -0.3 is 10.1 Å². The summed E-state index contributed by atoms with van der Waals surface area (Å²) in [6.07, 6.45) is 0. The quantitative estimate of drug-likeness (QED) is 0.391. The zero-order chi connectivity index (χ0) is 17.5. The van der Waals surface area contributed by atoms with Crippen molar-refractivity contribution in [1.29, 1.82) is 0 Å². The summed E-state index contributed by atoms with van der Waals surface area (Å²) in [7, 11) is 0. The highest BCUT2D eigenvalue weighted by Gasteiger charge is 2.20. The molecular weight excluding hydrogens is 330 g/mol. The molecule has 2 aromatic rings. The van der Waals surface area contributed by atoms with E-state index in [-0.39, 0.29) is 29.5 Å². The normalized spacial score (nSPS) is 10.1. The van der Waals surface area contributed by atoms with Crippen LogP contribution in [0.1, 0.15) is 28.4 Å². The SMILES string of the molecule is CCOC(=O)C(=O)Nc1ccc(CCl)cc1C(=O)c1ccccc1. The van der Waals surface area contributed by atoms with Crippen molar-refractivity contribution in [3.63, 3.8) is 0 Å². The van der Waals surface area contributed by atoms with Crippen molar-refractivity contribution < 1.29 is 19.1 Å². The van der Waals surface area contributed by atoms with Gasteiger partial charge in [0.2, 0.25) is 0 Å². The van der Waals surface area contributed by atoms with Crippen LogP contribution < -0.4 is 5.32 Å². The topological polar surface area (TPSA) is 72.5 Å². The highest BCUT2D eigenvalue weighted by molar-refractivity contribution is 6.37. The smallest absolute Gasteiger partial charge is 0.397 e. The molecule has 2 rings (SSSR count). The van der Waals surface area contributed by atoms with E-state index in [0.29, 0.717) is 5.56 Å². The molecule has 0 bridgehead atoms. The second kappa shape index (κ2) is 8.26. The zero-order valence-corrected chi connectivity index (χ0v) is 13.8. The molecule has 124 valence electrons. The minimum Gasteiger partial charge on any atom is -0.459 e. The Balaban J connectivity index is 2.36. The Labute approximate surface area is 144 Å². The standard InChI is InChI=1S/C18H16ClNO4/c1-2-24-18(23)17(22)20-15-9-8-12(11-19)10-14(15)16(21)13-6-4-3-5-7-13/h3-10H,2,11H2,1H3,(H,20,22). The van der Waals surface area contributed by atoms with Crippen molar-refractivity contribution in [3.05, 3.63) is 65.2 Å². The summed E-state index contributed by atoms with van der Waals surface area (Å²) < 4.78 is 4.65. The minimum absolute atomic E-state index is 0.0905. The Hall–Kier alpha value is -2.66. The third-order valence-electron chi connectivity index (χ3n) is 3.23. The van der Waals surface area contributed by atoms with Crippen LogP contribution in [-0.2, 0) is 20.2 Å². The number of halogens is 1. The van der Waals surface area contributed by atoms with Gasteiger partial charge in [-0.25, -0.2) is 4.79 Å². The third kappa shape index (κ3) is 4.20. The Kier molecular flexibility index (Phi) is 6.09. The van der Waals surface area contributed by atoms with Gasteiger partial charge in [-0.15, -0.1) is 11.6 Å². The van der Waals surface area contributed by atoms with Crippen molar-refractivity contribution in [2.45, 2.75) is 12.8 Å². The number of alkyl halides is 1. The predicted octanol–water partition coefficient (Wildman–Crippen LogP) is 3.16. The van der Waals surface area contributed by atoms with Gasteiger partial charge in [-0.05, 0) is 24.6 Å².